The lowest BCUT2D eigenvalue weighted by Gasteiger charge is -2.09. The number of rotatable bonds is 4. The minimum absolute atomic E-state index is 0.245. The highest BCUT2D eigenvalue weighted by Crippen LogP contribution is 2.34. The number of H-pyrrole nitrogens is 1. The third-order valence-electron chi connectivity index (χ3n) is 2.49. The van der Waals surface area contributed by atoms with Crippen LogP contribution >= 0.6 is 23.4 Å². The van der Waals surface area contributed by atoms with Crippen LogP contribution < -0.4 is 11.4 Å². The summed E-state index contributed by atoms with van der Waals surface area (Å²) in [5.74, 6) is 0. The van der Waals surface area contributed by atoms with Gasteiger partial charge in [-0.2, -0.15) is 0 Å². The second kappa shape index (κ2) is 5.60. The van der Waals surface area contributed by atoms with Crippen molar-refractivity contribution in [3.63, 3.8) is 0 Å². The van der Waals surface area contributed by atoms with Gasteiger partial charge in [0, 0.05) is 11.9 Å². The number of nitrogens with zero attached hydrogens (tertiary/aromatic N) is 2. The van der Waals surface area contributed by atoms with E-state index >= 15 is 0 Å². The van der Waals surface area contributed by atoms with E-state index in [9.17, 15) is 4.79 Å². The lowest BCUT2D eigenvalue weighted by molar-refractivity contribution is 0.765. The highest BCUT2D eigenvalue weighted by atomic mass is 35.5. The fourth-order valence-corrected chi connectivity index (χ4v) is 2.81. The molecule has 0 fully saturated rings. The quantitative estimate of drug-likeness (QED) is 0.890. The van der Waals surface area contributed by atoms with E-state index in [0.717, 1.165) is 16.9 Å². The third-order valence-corrected chi connectivity index (χ3v) is 4.16. The average Bonchev–Trinajstić information content (AvgIpc) is 2.65. The second-order valence-electron chi connectivity index (χ2n) is 3.74. The maximum absolute atomic E-state index is 11.3. The molecule has 0 aliphatic heterocycles. The fraction of sp³-hybridized carbons (Fsp3) is 0.273. The van der Waals surface area contributed by atoms with Crippen molar-refractivity contribution in [3.05, 3.63) is 39.3 Å². The van der Waals surface area contributed by atoms with Crippen molar-refractivity contribution < 1.29 is 0 Å². The maximum Gasteiger partial charge on any atom is 0.343 e. The number of hydrogen-bond donors (Lipinski definition) is 2. The zero-order valence-corrected chi connectivity index (χ0v) is 11.4. The first-order valence-corrected chi connectivity index (χ1v) is 6.59. The van der Waals surface area contributed by atoms with Crippen LogP contribution in [0.25, 0.3) is 0 Å². The van der Waals surface area contributed by atoms with Crippen molar-refractivity contribution >= 4 is 23.4 Å². The van der Waals surface area contributed by atoms with Gasteiger partial charge in [-0.05, 0) is 36.4 Å². The summed E-state index contributed by atoms with van der Waals surface area (Å²) in [4.78, 5) is 12.2. The molecule has 2 rings (SSSR count). The molecule has 0 radical (unpaired) electrons. The Morgan fingerprint density at radius 3 is 2.94 bits per heavy atom. The summed E-state index contributed by atoms with van der Waals surface area (Å²) in [5.41, 5.74) is 6.39. The van der Waals surface area contributed by atoms with Crippen LogP contribution in [-0.2, 0) is 13.5 Å². The predicted octanol–water partition coefficient (Wildman–Crippen LogP) is 1.41. The Bertz CT molecular complexity index is 607. The monoisotopic (exact) mass is 284 g/mol. The molecule has 18 heavy (non-hydrogen) atoms. The lowest BCUT2D eigenvalue weighted by Crippen LogP contribution is -2.13. The summed E-state index contributed by atoms with van der Waals surface area (Å²) in [6.07, 6.45) is 0.737. The molecule has 3 N–H and O–H groups in total. The molecule has 1 aromatic carbocycles. The summed E-state index contributed by atoms with van der Waals surface area (Å²) in [6.45, 7) is 0.549. The van der Waals surface area contributed by atoms with Crippen molar-refractivity contribution in [2.24, 2.45) is 12.8 Å². The molecule has 0 amide bonds. The van der Waals surface area contributed by atoms with Gasteiger partial charge >= 0.3 is 5.69 Å². The number of aromatic nitrogens is 3. The van der Waals surface area contributed by atoms with Crippen LogP contribution in [-0.4, -0.2) is 21.3 Å². The number of nitrogens with one attached hydrogen (secondary N) is 1. The van der Waals surface area contributed by atoms with E-state index in [-0.39, 0.29) is 5.69 Å². The van der Waals surface area contributed by atoms with E-state index in [1.54, 1.807) is 7.05 Å². The van der Waals surface area contributed by atoms with Gasteiger partial charge in [-0.1, -0.05) is 23.7 Å². The van der Waals surface area contributed by atoms with Gasteiger partial charge in [-0.3, -0.25) is 4.57 Å². The van der Waals surface area contributed by atoms with E-state index in [1.165, 1.54) is 16.3 Å². The molecule has 0 spiro atoms. The first kappa shape index (κ1) is 13.2. The minimum Gasteiger partial charge on any atom is -0.330 e. The number of halogens is 1. The Morgan fingerprint density at radius 1 is 1.56 bits per heavy atom. The van der Waals surface area contributed by atoms with Gasteiger partial charge in [0.15, 0.2) is 5.16 Å². The molecule has 1 heterocycles. The molecule has 0 saturated heterocycles. The van der Waals surface area contributed by atoms with Gasteiger partial charge in [0.25, 0.3) is 0 Å². The minimum atomic E-state index is -0.245. The molecule has 0 unspecified atom stereocenters. The van der Waals surface area contributed by atoms with Crippen LogP contribution in [0.15, 0.2) is 33.0 Å². The molecule has 0 aliphatic rings. The number of hydrogen-bond acceptors (Lipinski definition) is 4. The van der Waals surface area contributed by atoms with Crippen LogP contribution in [0, 0.1) is 0 Å². The summed E-state index contributed by atoms with van der Waals surface area (Å²) in [5, 5.41) is 7.56. The highest BCUT2D eigenvalue weighted by Gasteiger charge is 2.12. The summed E-state index contributed by atoms with van der Waals surface area (Å²) in [6, 6.07) is 5.68. The van der Waals surface area contributed by atoms with Crippen molar-refractivity contribution in [2.75, 3.05) is 6.54 Å². The van der Waals surface area contributed by atoms with E-state index < -0.39 is 0 Å². The van der Waals surface area contributed by atoms with Crippen molar-refractivity contribution in [2.45, 2.75) is 16.5 Å². The highest BCUT2D eigenvalue weighted by molar-refractivity contribution is 7.99. The first-order chi connectivity index (χ1) is 8.63. The number of nitrogens with two attached hydrogens (primary N) is 1. The van der Waals surface area contributed by atoms with Crippen LogP contribution in [0.4, 0.5) is 0 Å². The molecule has 2 aromatic rings. The van der Waals surface area contributed by atoms with E-state index in [0.29, 0.717) is 16.7 Å². The fourth-order valence-electron chi connectivity index (χ4n) is 1.54. The molecule has 5 nitrogen and oxygen atoms in total. The predicted molar refractivity (Wildman–Crippen MR) is 72.2 cm³/mol. The molecule has 7 heteroatoms. The topological polar surface area (TPSA) is 76.7 Å². The zero-order chi connectivity index (χ0) is 13.1. The Morgan fingerprint density at radius 2 is 2.33 bits per heavy atom. The summed E-state index contributed by atoms with van der Waals surface area (Å²) in [7, 11) is 1.66. The summed E-state index contributed by atoms with van der Waals surface area (Å²) >= 11 is 7.55. The van der Waals surface area contributed by atoms with Gasteiger partial charge in [-0.15, -0.1) is 5.10 Å². The third kappa shape index (κ3) is 2.60. The van der Waals surface area contributed by atoms with Crippen molar-refractivity contribution in [1.82, 2.24) is 14.8 Å². The van der Waals surface area contributed by atoms with Crippen molar-refractivity contribution in [1.29, 1.82) is 0 Å². The molecule has 0 saturated carbocycles. The van der Waals surface area contributed by atoms with Gasteiger partial charge < -0.3 is 5.73 Å². The van der Waals surface area contributed by atoms with Gasteiger partial charge in [0.2, 0.25) is 0 Å². The largest absolute Gasteiger partial charge is 0.343 e. The SMILES string of the molecule is Cn1c(Sc2c(Cl)cccc2CCN)n[nH]c1=O. The second-order valence-corrected chi connectivity index (χ2v) is 5.12. The van der Waals surface area contributed by atoms with Crippen LogP contribution in [0.2, 0.25) is 5.02 Å². The molecule has 0 bridgehead atoms. The Hall–Kier alpha value is -1.24. The van der Waals surface area contributed by atoms with Crippen LogP contribution in [0.3, 0.4) is 0 Å². The molecular formula is C11H13ClN4OS. The lowest BCUT2D eigenvalue weighted by atomic mass is 10.1. The zero-order valence-electron chi connectivity index (χ0n) is 9.81. The van der Waals surface area contributed by atoms with Crippen LogP contribution in [0.5, 0.6) is 0 Å². The van der Waals surface area contributed by atoms with Gasteiger partial charge in [0.1, 0.15) is 0 Å². The Balaban J connectivity index is 2.39. The van der Waals surface area contributed by atoms with E-state index in [4.69, 9.17) is 17.3 Å². The summed E-state index contributed by atoms with van der Waals surface area (Å²) < 4.78 is 1.44. The first-order valence-electron chi connectivity index (χ1n) is 5.40. The smallest absolute Gasteiger partial charge is 0.330 e. The number of aromatic amines is 1. The average molecular weight is 285 g/mol. The molecular weight excluding hydrogens is 272 g/mol. The standard InChI is InChI=1S/C11H13ClN4OS/c1-16-10(17)14-15-11(16)18-9-7(5-6-13)3-2-4-8(9)12/h2-4H,5-6,13H2,1H3,(H,14,17). The normalized spacial score (nSPS) is 10.8. The van der Waals surface area contributed by atoms with E-state index in [2.05, 4.69) is 10.2 Å². The van der Waals surface area contributed by atoms with E-state index in [1.807, 2.05) is 18.2 Å². The maximum atomic E-state index is 11.3. The van der Waals surface area contributed by atoms with Crippen molar-refractivity contribution in [3.8, 4) is 0 Å². The molecule has 1 aromatic heterocycles. The molecule has 96 valence electrons. The Labute approximate surface area is 113 Å². The van der Waals surface area contributed by atoms with Crippen LogP contribution in [0.1, 0.15) is 5.56 Å². The molecule has 0 atom stereocenters. The Kier molecular flexibility index (Phi) is 4.11. The molecule has 0 aliphatic carbocycles. The van der Waals surface area contributed by atoms with Gasteiger partial charge in [-0.25, -0.2) is 9.89 Å². The van der Waals surface area contributed by atoms with Gasteiger partial charge in [0.05, 0.1) is 5.02 Å². The number of benzene rings is 1.